The van der Waals surface area contributed by atoms with E-state index in [2.05, 4.69) is 4.98 Å². The first-order valence-electron chi connectivity index (χ1n) is 4.34. The molecule has 1 aromatic heterocycles. The van der Waals surface area contributed by atoms with Gasteiger partial charge >= 0.3 is 0 Å². The van der Waals surface area contributed by atoms with Crippen molar-refractivity contribution in [3.05, 3.63) is 47.6 Å². The molecule has 2 rings (SSSR count). The van der Waals surface area contributed by atoms with Gasteiger partial charge in [-0.3, -0.25) is 0 Å². The molecule has 2 nitrogen and oxygen atoms in total. The third-order valence-electron chi connectivity index (χ3n) is 2.06. The number of aromatic nitrogens is 2. The highest BCUT2D eigenvalue weighted by Gasteiger charge is 2.20. The molecule has 0 spiro atoms. The number of hydrogen-bond acceptors (Lipinski definition) is 1. The molecule has 0 unspecified atom stereocenters. The van der Waals surface area contributed by atoms with Crippen molar-refractivity contribution >= 4 is 0 Å². The SMILES string of the molecule is Cc1cn(-c2c(F)cc(F)c(F)c2F)cn1. The van der Waals surface area contributed by atoms with E-state index >= 15 is 0 Å². The molecule has 1 heterocycles. The molecule has 84 valence electrons. The van der Waals surface area contributed by atoms with Crippen LogP contribution in [0.3, 0.4) is 0 Å². The largest absolute Gasteiger partial charge is 0.301 e. The summed E-state index contributed by atoms with van der Waals surface area (Å²) in [6, 6.07) is 0.295. The van der Waals surface area contributed by atoms with E-state index in [-0.39, 0.29) is 0 Å². The summed E-state index contributed by atoms with van der Waals surface area (Å²) in [4.78, 5) is 3.74. The summed E-state index contributed by atoms with van der Waals surface area (Å²) in [6.07, 6.45) is 2.42. The lowest BCUT2D eigenvalue weighted by Gasteiger charge is -2.06. The quantitative estimate of drug-likeness (QED) is 0.418. The minimum absolute atomic E-state index is 0.295. The smallest absolute Gasteiger partial charge is 0.196 e. The molecule has 0 aliphatic rings. The summed E-state index contributed by atoms with van der Waals surface area (Å²) in [6.45, 7) is 1.60. The summed E-state index contributed by atoms with van der Waals surface area (Å²) >= 11 is 0. The van der Waals surface area contributed by atoms with Gasteiger partial charge in [-0.1, -0.05) is 0 Å². The Bertz CT molecular complexity index is 548. The van der Waals surface area contributed by atoms with Crippen LogP contribution in [0.2, 0.25) is 0 Å². The number of imidazole rings is 1. The van der Waals surface area contributed by atoms with E-state index in [4.69, 9.17) is 0 Å². The minimum atomic E-state index is -1.71. The Kier molecular flexibility index (Phi) is 2.41. The Hall–Kier alpha value is -1.85. The maximum Gasteiger partial charge on any atom is 0.196 e. The highest BCUT2D eigenvalue weighted by atomic mass is 19.2. The van der Waals surface area contributed by atoms with Crippen molar-refractivity contribution in [1.82, 2.24) is 9.55 Å². The molecule has 0 atom stereocenters. The molecule has 2 aromatic rings. The summed E-state index contributed by atoms with van der Waals surface area (Å²) in [5.74, 6) is -6.03. The molecule has 0 amide bonds. The van der Waals surface area contributed by atoms with Crippen LogP contribution in [0, 0.1) is 30.2 Å². The Balaban J connectivity index is 2.70. The van der Waals surface area contributed by atoms with Gasteiger partial charge in [-0.2, -0.15) is 0 Å². The highest BCUT2D eigenvalue weighted by molar-refractivity contribution is 5.36. The molecule has 1 aromatic carbocycles. The lowest BCUT2D eigenvalue weighted by molar-refractivity contribution is 0.430. The van der Waals surface area contributed by atoms with E-state index in [0.29, 0.717) is 11.8 Å². The predicted octanol–water partition coefficient (Wildman–Crippen LogP) is 2.74. The molecule has 0 saturated heterocycles. The molecule has 0 fully saturated rings. The Morgan fingerprint density at radius 2 is 1.75 bits per heavy atom. The van der Waals surface area contributed by atoms with Crippen molar-refractivity contribution in [2.24, 2.45) is 0 Å². The van der Waals surface area contributed by atoms with E-state index in [1.807, 2.05) is 0 Å². The maximum atomic E-state index is 13.3. The minimum Gasteiger partial charge on any atom is -0.301 e. The Morgan fingerprint density at radius 3 is 2.31 bits per heavy atom. The molecular formula is C10H6F4N2. The average Bonchev–Trinajstić information content (AvgIpc) is 2.61. The Morgan fingerprint density at radius 1 is 1.06 bits per heavy atom. The topological polar surface area (TPSA) is 17.8 Å². The zero-order valence-electron chi connectivity index (χ0n) is 8.14. The monoisotopic (exact) mass is 230 g/mol. The van der Waals surface area contributed by atoms with Crippen molar-refractivity contribution in [2.45, 2.75) is 6.92 Å². The van der Waals surface area contributed by atoms with Gasteiger partial charge in [0, 0.05) is 12.3 Å². The first-order valence-corrected chi connectivity index (χ1v) is 4.34. The van der Waals surface area contributed by atoms with Gasteiger partial charge in [-0.15, -0.1) is 0 Å². The Labute approximate surface area is 88.2 Å². The summed E-state index contributed by atoms with van der Waals surface area (Å²) in [5, 5.41) is 0. The van der Waals surface area contributed by atoms with Crippen molar-refractivity contribution in [1.29, 1.82) is 0 Å². The zero-order valence-corrected chi connectivity index (χ0v) is 8.14. The van der Waals surface area contributed by atoms with Crippen molar-refractivity contribution in [3.63, 3.8) is 0 Å². The van der Waals surface area contributed by atoms with Gasteiger partial charge in [0.15, 0.2) is 23.3 Å². The molecule has 16 heavy (non-hydrogen) atoms. The number of benzene rings is 1. The normalized spacial score (nSPS) is 10.8. The molecule has 0 bridgehead atoms. The van der Waals surface area contributed by atoms with Crippen LogP contribution in [-0.4, -0.2) is 9.55 Å². The second-order valence-corrected chi connectivity index (χ2v) is 3.24. The number of nitrogens with zero attached hydrogens (tertiary/aromatic N) is 2. The molecule has 0 N–H and O–H groups in total. The van der Waals surface area contributed by atoms with Gasteiger partial charge < -0.3 is 4.57 Å². The van der Waals surface area contributed by atoms with E-state index in [1.54, 1.807) is 6.92 Å². The van der Waals surface area contributed by atoms with Gasteiger partial charge in [0.2, 0.25) is 0 Å². The maximum absolute atomic E-state index is 13.3. The van der Waals surface area contributed by atoms with Crippen LogP contribution >= 0.6 is 0 Å². The standard InChI is InChI=1S/C10H6F4N2/c1-5-3-16(4-15-5)10-7(12)2-6(11)8(13)9(10)14/h2-4H,1H3. The third kappa shape index (κ3) is 1.56. The van der Waals surface area contributed by atoms with E-state index in [9.17, 15) is 17.6 Å². The van der Waals surface area contributed by atoms with Crippen LogP contribution in [0.15, 0.2) is 18.6 Å². The molecule has 0 aliphatic carbocycles. The van der Waals surface area contributed by atoms with E-state index in [1.165, 1.54) is 6.20 Å². The predicted molar refractivity (Wildman–Crippen MR) is 48.1 cm³/mol. The lowest BCUT2D eigenvalue weighted by Crippen LogP contribution is -2.04. The van der Waals surface area contributed by atoms with Gasteiger partial charge in [-0.05, 0) is 6.92 Å². The number of aryl methyl sites for hydroxylation is 1. The van der Waals surface area contributed by atoms with Crippen LogP contribution in [0.4, 0.5) is 17.6 Å². The summed E-state index contributed by atoms with van der Waals surface area (Å²) < 4.78 is 53.1. The number of hydrogen-bond donors (Lipinski definition) is 0. The first kappa shape index (κ1) is 10.7. The van der Waals surface area contributed by atoms with E-state index < -0.39 is 29.0 Å². The van der Waals surface area contributed by atoms with Gasteiger partial charge in [-0.25, -0.2) is 22.5 Å². The lowest BCUT2D eigenvalue weighted by atomic mass is 10.2. The molecule has 0 aliphatic heterocycles. The first-order chi connectivity index (χ1) is 7.50. The van der Waals surface area contributed by atoms with Crippen LogP contribution in [0.25, 0.3) is 5.69 Å². The fraction of sp³-hybridized carbons (Fsp3) is 0.100. The molecule has 0 radical (unpaired) electrons. The van der Waals surface area contributed by atoms with Crippen molar-refractivity contribution in [3.8, 4) is 5.69 Å². The van der Waals surface area contributed by atoms with Gasteiger partial charge in [0.1, 0.15) is 5.69 Å². The molecule has 0 saturated carbocycles. The van der Waals surface area contributed by atoms with Crippen LogP contribution in [0.5, 0.6) is 0 Å². The van der Waals surface area contributed by atoms with Crippen molar-refractivity contribution < 1.29 is 17.6 Å². The van der Waals surface area contributed by atoms with Crippen LogP contribution in [0.1, 0.15) is 5.69 Å². The highest BCUT2D eigenvalue weighted by Crippen LogP contribution is 2.22. The molecular weight excluding hydrogens is 224 g/mol. The van der Waals surface area contributed by atoms with Gasteiger partial charge in [0.25, 0.3) is 0 Å². The van der Waals surface area contributed by atoms with Crippen molar-refractivity contribution in [2.75, 3.05) is 0 Å². The number of halogens is 4. The number of rotatable bonds is 1. The summed E-state index contributed by atoms with van der Waals surface area (Å²) in [7, 11) is 0. The summed E-state index contributed by atoms with van der Waals surface area (Å²) in [5.41, 5.74) is -0.178. The zero-order chi connectivity index (χ0) is 11.9. The molecule has 6 heteroatoms. The second-order valence-electron chi connectivity index (χ2n) is 3.24. The van der Waals surface area contributed by atoms with Crippen LogP contribution in [-0.2, 0) is 0 Å². The van der Waals surface area contributed by atoms with Gasteiger partial charge in [0.05, 0.1) is 12.0 Å². The van der Waals surface area contributed by atoms with E-state index in [0.717, 1.165) is 10.9 Å². The third-order valence-corrected chi connectivity index (χ3v) is 2.06. The fourth-order valence-corrected chi connectivity index (χ4v) is 1.34. The average molecular weight is 230 g/mol. The van der Waals surface area contributed by atoms with Crippen LogP contribution < -0.4 is 0 Å². The fourth-order valence-electron chi connectivity index (χ4n) is 1.34. The second kappa shape index (κ2) is 3.62.